The highest BCUT2D eigenvalue weighted by Crippen LogP contribution is 2.35. The van der Waals surface area contributed by atoms with E-state index in [-0.39, 0.29) is 5.75 Å². The van der Waals surface area contributed by atoms with Crippen molar-refractivity contribution in [2.75, 3.05) is 24.6 Å². The van der Waals surface area contributed by atoms with Gasteiger partial charge in [-0.2, -0.15) is 0 Å². The largest absolute Gasteiger partial charge is 0.316 e. The van der Waals surface area contributed by atoms with E-state index in [4.69, 9.17) is 0 Å². The molecular weight excluding hydrogens is 270 g/mol. The van der Waals surface area contributed by atoms with Crippen LogP contribution in [0.5, 0.6) is 0 Å². The van der Waals surface area contributed by atoms with Crippen molar-refractivity contribution >= 4 is 9.84 Å². The van der Waals surface area contributed by atoms with Gasteiger partial charge in [-0.25, -0.2) is 8.42 Å². The zero-order valence-electron chi connectivity index (χ0n) is 13.7. The summed E-state index contributed by atoms with van der Waals surface area (Å²) in [6, 6.07) is 0. The number of sulfone groups is 1. The quantitative estimate of drug-likeness (QED) is 0.749. The lowest BCUT2D eigenvalue weighted by molar-refractivity contribution is 0.179. The van der Waals surface area contributed by atoms with Crippen LogP contribution in [-0.4, -0.2) is 33.0 Å². The van der Waals surface area contributed by atoms with E-state index in [0.29, 0.717) is 23.5 Å². The predicted molar refractivity (Wildman–Crippen MR) is 86.6 cm³/mol. The number of hydrogen-bond acceptors (Lipinski definition) is 3. The highest BCUT2D eigenvalue weighted by molar-refractivity contribution is 7.91. The summed E-state index contributed by atoms with van der Waals surface area (Å²) in [6.07, 6.45) is 4.61. The molecular formula is C16H33NO2S. The molecule has 1 N–H and O–H groups in total. The maximum Gasteiger partial charge on any atom is 0.150 e. The summed E-state index contributed by atoms with van der Waals surface area (Å²) in [5, 5.41) is 3.56. The van der Waals surface area contributed by atoms with Crippen LogP contribution in [-0.2, 0) is 9.84 Å². The van der Waals surface area contributed by atoms with E-state index in [2.05, 4.69) is 26.1 Å². The smallest absolute Gasteiger partial charge is 0.150 e. The number of rotatable bonds is 8. The molecule has 1 aliphatic carbocycles. The van der Waals surface area contributed by atoms with Crippen molar-refractivity contribution in [3.8, 4) is 0 Å². The van der Waals surface area contributed by atoms with Gasteiger partial charge in [-0.15, -0.1) is 0 Å². The second kappa shape index (κ2) is 8.38. The van der Waals surface area contributed by atoms with Gasteiger partial charge in [0.2, 0.25) is 0 Å². The summed E-state index contributed by atoms with van der Waals surface area (Å²) in [4.78, 5) is 0. The zero-order chi connectivity index (χ0) is 15.2. The van der Waals surface area contributed by atoms with E-state index in [9.17, 15) is 8.42 Å². The Labute approximate surface area is 125 Å². The minimum atomic E-state index is -2.81. The van der Waals surface area contributed by atoms with Crippen molar-refractivity contribution in [2.45, 2.75) is 53.4 Å². The molecule has 3 nitrogen and oxygen atoms in total. The summed E-state index contributed by atoms with van der Waals surface area (Å²) < 4.78 is 23.4. The lowest BCUT2D eigenvalue weighted by Gasteiger charge is -2.35. The first-order valence-corrected chi connectivity index (χ1v) is 10.1. The lowest BCUT2D eigenvalue weighted by atomic mass is 9.73. The van der Waals surface area contributed by atoms with Crippen LogP contribution in [0.3, 0.4) is 0 Å². The number of hydrogen-bond donors (Lipinski definition) is 1. The Morgan fingerprint density at radius 1 is 1.20 bits per heavy atom. The fraction of sp³-hybridized carbons (Fsp3) is 1.00. The van der Waals surface area contributed by atoms with Gasteiger partial charge in [0.05, 0.1) is 5.75 Å². The van der Waals surface area contributed by atoms with Crippen molar-refractivity contribution in [1.82, 2.24) is 5.32 Å². The van der Waals surface area contributed by atoms with Gasteiger partial charge < -0.3 is 5.32 Å². The standard InChI is InChI=1S/C16H33NO2S/c1-5-20(18,19)9-8-15-10-14(4)6-7-16(15)12-17-11-13(2)3/h13-17H,5-12H2,1-4H3. The first-order valence-electron chi connectivity index (χ1n) is 8.25. The van der Waals surface area contributed by atoms with E-state index in [1.165, 1.54) is 19.3 Å². The van der Waals surface area contributed by atoms with Crippen molar-refractivity contribution in [3.05, 3.63) is 0 Å². The van der Waals surface area contributed by atoms with Crippen molar-refractivity contribution in [1.29, 1.82) is 0 Å². The topological polar surface area (TPSA) is 46.2 Å². The molecule has 4 heteroatoms. The van der Waals surface area contributed by atoms with Gasteiger partial charge >= 0.3 is 0 Å². The Morgan fingerprint density at radius 3 is 2.50 bits per heavy atom. The average molecular weight is 304 g/mol. The molecule has 0 amide bonds. The van der Waals surface area contributed by atoms with Gasteiger partial charge in [-0.3, -0.25) is 0 Å². The Bertz CT molecular complexity index is 365. The molecule has 0 saturated heterocycles. The second-order valence-electron chi connectivity index (χ2n) is 7.02. The normalized spacial score (nSPS) is 27.9. The molecule has 0 aliphatic heterocycles. The first-order chi connectivity index (χ1) is 9.34. The van der Waals surface area contributed by atoms with Crippen LogP contribution in [0.2, 0.25) is 0 Å². The van der Waals surface area contributed by atoms with E-state index in [1.54, 1.807) is 6.92 Å². The molecule has 0 radical (unpaired) electrons. The third-order valence-corrected chi connectivity index (χ3v) is 6.34. The molecule has 0 aromatic heterocycles. The molecule has 0 aromatic rings. The third kappa shape index (κ3) is 6.57. The van der Waals surface area contributed by atoms with Crippen LogP contribution < -0.4 is 5.32 Å². The van der Waals surface area contributed by atoms with Crippen LogP contribution in [0.1, 0.15) is 53.4 Å². The van der Waals surface area contributed by atoms with Crippen LogP contribution >= 0.6 is 0 Å². The Hall–Kier alpha value is -0.0900. The SMILES string of the molecule is CCS(=O)(=O)CCC1CC(C)CCC1CNCC(C)C. The van der Waals surface area contributed by atoms with Gasteiger partial charge in [-0.1, -0.05) is 34.1 Å². The fourth-order valence-corrected chi connectivity index (χ4v) is 4.17. The molecule has 20 heavy (non-hydrogen) atoms. The molecule has 0 bridgehead atoms. The summed E-state index contributed by atoms with van der Waals surface area (Å²) in [6.45, 7) is 10.6. The molecule has 1 rings (SSSR count). The highest BCUT2D eigenvalue weighted by Gasteiger charge is 2.29. The summed E-state index contributed by atoms with van der Waals surface area (Å²) >= 11 is 0. The van der Waals surface area contributed by atoms with Gasteiger partial charge in [-0.05, 0) is 56.0 Å². The van der Waals surface area contributed by atoms with Crippen molar-refractivity contribution in [2.24, 2.45) is 23.7 Å². The zero-order valence-corrected chi connectivity index (χ0v) is 14.5. The van der Waals surface area contributed by atoms with Gasteiger partial charge in [0.25, 0.3) is 0 Å². The third-order valence-electron chi connectivity index (χ3n) is 4.60. The molecule has 1 fully saturated rings. The van der Waals surface area contributed by atoms with Crippen LogP contribution in [0.4, 0.5) is 0 Å². The summed E-state index contributed by atoms with van der Waals surface area (Å²) in [5.74, 6) is 3.34. The van der Waals surface area contributed by atoms with E-state index < -0.39 is 9.84 Å². The van der Waals surface area contributed by atoms with Crippen molar-refractivity contribution < 1.29 is 8.42 Å². The van der Waals surface area contributed by atoms with Gasteiger partial charge in [0.15, 0.2) is 0 Å². The molecule has 0 aromatic carbocycles. The monoisotopic (exact) mass is 303 g/mol. The lowest BCUT2D eigenvalue weighted by Crippen LogP contribution is -2.35. The minimum absolute atomic E-state index is 0.283. The Morgan fingerprint density at radius 2 is 1.90 bits per heavy atom. The molecule has 3 atom stereocenters. The molecule has 3 unspecified atom stereocenters. The van der Waals surface area contributed by atoms with Crippen LogP contribution in [0.15, 0.2) is 0 Å². The molecule has 0 heterocycles. The minimum Gasteiger partial charge on any atom is -0.316 e. The Kier molecular flexibility index (Phi) is 7.52. The maximum atomic E-state index is 11.7. The van der Waals surface area contributed by atoms with Crippen LogP contribution in [0, 0.1) is 23.7 Å². The molecule has 1 aliphatic rings. The Balaban J connectivity index is 2.48. The molecule has 1 saturated carbocycles. The summed E-state index contributed by atoms with van der Waals surface area (Å²) in [7, 11) is -2.81. The van der Waals surface area contributed by atoms with Gasteiger partial charge in [0.1, 0.15) is 9.84 Å². The van der Waals surface area contributed by atoms with E-state index in [0.717, 1.165) is 25.4 Å². The maximum absolute atomic E-state index is 11.7. The fourth-order valence-electron chi connectivity index (χ4n) is 3.22. The predicted octanol–water partition coefficient (Wildman–Crippen LogP) is 3.11. The number of nitrogens with one attached hydrogen (secondary N) is 1. The summed E-state index contributed by atoms with van der Waals surface area (Å²) in [5.41, 5.74) is 0. The second-order valence-corrected chi connectivity index (χ2v) is 9.49. The molecule has 0 spiro atoms. The van der Waals surface area contributed by atoms with Crippen molar-refractivity contribution in [3.63, 3.8) is 0 Å². The van der Waals surface area contributed by atoms with Gasteiger partial charge in [0, 0.05) is 5.75 Å². The molecule has 120 valence electrons. The van der Waals surface area contributed by atoms with E-state index >= 15 is 0 Å². The van der Waals surface area contributed by atoms with E-state index in [1.807, 2.05) is 0 Å². The van der Waals surface area contributed by atoms with Crippen LogP contribution in [0.25, 0.3) is 0 Å². The highest BCUT2D eigenvalue weighted by atomic mass is 32.2. The average Bonchev–Trinajstić information content (AvgIpc) is 2.38. The first kappa shape index (κ1) is 18.0.